The van der Waals surface area contributed by atoms with E-state index in [-0.39, 0.29) is 24.3 Å². The van der Waals surface area contributed by atoms with E-state index in [9.17, 15) is 14.0 Å². The van der Waals surface area contributed by atoms with Crippen molar-refractivity contribution in [2.45, 2.75) is 51.7 Å². The summed E-state index contributed by atoms with van der Waals surface area (Å²) in [6, 6.07) is 5.24. The third kappa shape index (κ3) is 4.94. The molecule has 0 spiro atoms. The van der Waals surface area contributed by atoms with E-state index in [2.05, 4.69) is 10.6 Å². The smallest absolute Gasteiger partial charge is 0.315 e. The van der Waals surface area contributed by atoms with Gasteiger partial charge in [-0.05, 0) is 50.8 Å². The minimum absolute atomic E-state index is 0.0573. The predicted octanol–water partition coefficient (Wildman–Crippen LogP) is 2.41. The fourth-order valence-electron chi connectivity index (χ4n) is 2.81. The van der Waals surface area contributed by atoms with Gasteiger partial charge in [0.2, 0.25) is 5.91 Å². The zero-order chi connectivity index (χ0) is 16.8. The molecule has 126 valence electrons. The summed E-state index contributed by atoms with van der Waals surface area (Å²) < 4.78 is 13.1. The molecule has 0 unspecified atom stereocenters. The van der Waals surface area contributed by atoms with Gasteiger partial charge in [-0.15, -0.1) is 0 Å². The monoisotopic (exact) mass is 321 g/mol. The standard InChI is InChI=1S/C17H24FN3O2/c1-12-6-3-4-9-21(12)16(22)13(2)20-17(23)19-11-14-7-5-8-15(18)10-14/h5,7-8,10,12-13H,3-4,6,9,11H2,1-2H3,(H2,19,20,23)/t12-,13-/m0/s1. The molecule has 3 amide bonds. The third-order valence-electron chi connectivity index (χ3n) is 4.15. The number of rotatable bonds is 4. The van der Waals surface area contributed by atoms with Crippen LogP contribution in [0.15, 0.2) is 24.3 Å². The van der Waals surface area contributed by atoms with Gasteiger partial charge in [0, 0.05) is 19.1 Å². The van der Waals surface area contributed by atoms with Crippen LogP contribution < -0.4 is 10.6 Å². The highest BCUT2D eigenvalue weighted by Crippen LogP contribution is 2.17. The van der Waals surface area contributed by atoms with E-state index in [4.69, 9.17) is 0 Å². The molecule has 0 aliphatic carbocycles. The first-order valence-electron chi connectivity index (χ1n) is 8.06. The van der Waals surface area contributed by atoms with Gasteiger partial charge in [0.1, 0.15) is 11.9 Å². The number of carbonyl (C=O) groups is 2. The number of nitrogens with one attached hydrogen (secondary N) is 2. The van der Waals surface area contributed by atoms with Gasteiger partial charge in [0.15, 0.2) is 0 Å². The molecular formula is C17H24FN3O2. The van der Waals surface area contributed by atoms with Crippen LogP contribution in [0.5, 0.6) is 0 Å². The molecule has 1 heterocycles. The van der Waals surface area contributed by atoms with Crippen molar-refractivity contribution < 1.29 is 14.0 Å². The molecular weight excluding hydrogens is 297 g/mol. The SMILES string of the molecule is C[C@H](NC(=O)NCc1cccc(F)c1)C(=O)N1CCCC[C@@H]1C. The van der Waals surface area contributed by atoms with Crippen molar-refractivity contribution in [3.63, 3.8) is 0 Å². The summed E-state index contributed by atoms with van der Waals surface area (Å²) in [6.07, 6.45) is 3.15. The zero-order valence-corrected chi connectivity index (χ0v) is 13.6. The molecule has 2 atom stereocenters. The van der Waals surface area contributed by atoms with Gasteiger partial charge in [-0.3, -0.25) is 4.79 Å². The molecule has 2 rings (SSSR count). The normalized spacial score (nSPS) is 19.1. The number of benzene rings is 1. The highest BCUT2D eigenvalue weighted by atomic mass is 19.1. The average Bonchev–Trinajstić information content (AvgIpc) is 2.53. The summed E-state index contributed by atoms with van der Waals surface area (Å²) >= 11 is 0. The number of nitrogens with zero attached hydrogens (tertiary/aromatic N) is 1. The van der Waals surface area contributed by atoms with Crippen LogP contribution in [0, 0.1) is 5.82 Å². The first-order chi connectivity index (χ1) is 11.0. The largest absolute Gasteiger partial charge is 0.338 e. The summed E-state index contributed by atoms with van der Waals surface area (Å²) in [5.74, 6) is -0.398. The number of carbonyl (C=O) groups excluding carboxylic acids is 2. The summed E-state index contributed by atoms with van der Waals surface area (Å²) in [4.78, 5) is 26.1. The van der Waals surface area contributed by atoms with Crippen molar-refractivity contribution in [1.82, 2.24) is 15.5 Å². The molecule has 2 N–H and O–H groups in total. The zero-order valence-electron chi connectivity index (χ0n) is 13.6. The Kier molecular flexibility index (Phi) is 5.96. The second-order valence-corrected chi connectivity index (χ2v) is 6.06. The fourth-order valence-corrected chi connectivity index (χ4v) is 2.81. The molecule has 5 nitrogen and oxygen atoms in total. The maximum atomic E-state index is 13.1. The number of hydrogen-bond donors (Lipinski definition) is 2. The van der Waals surface area contributed by atoms with Gasteiger partial charge in [-0.2, -0.15) is 0 Å². The fraction of sp³-hybridized carbons (Fsp3) is 0.529. The molecule has 1 fully saturated rings. The van der Waals surface area contributed by atoms with Gasteiger partial charge in [-0.1, -0.05) is 12.1 Å². The Labute approximate surface area is 136 Å². The molecule has 0 aromatic heterocycles. The Balaban J connectivity index is 1.80. The Morgan fingerprint density at radius 3 is 2.87 bits per heavy atom. The predicted molar refractivity (Wildman–Crippen MR) is 86.3 cm³/mol. The molecule has 0 radical (unpaired) electrons. The van der Waals surface area contributed by atoms with Crippen LogP contribution in [0.4, 0.5) is 9.18 Å². The second kappa shape index (κ2) is 7.94. The number of amides is 3. The van der Waals surface area contributed by atoms with Crippen LogP contribution in [0.3, 0.4) is 0 Å². The Hall–Kier alpha value is -2.11. The summed E-state index contributed by atoms with van der Waals surface area (Å²) in [6.45, 7) is 4.68. The molecule has 1 aromatic rings. The van der Waals surface area contributed by atoms with E-state index in [1.807, 2.05) is 11.8 Å². The number of piperidine rings is 1. The Morgan fingerprint density at radius 1 is 1.39 bits per heavy atom. The van der Waals surface area contributed by atoms with E-state index < -0.39 is 12.1 Å². The molecule has 1 saturated heterocycles. The first-order valence-corrected chi connectivity index (χ1v) is 8.06. The van der Waals surface area contributed by atoms with Crippen molar-refractivity contribution in [1.29, 1.82) is 0 Å². The molecule has 1 aromatic carbocycles. The van der Waals surface area contributed by atoms with E-state index >= 15 is 0 Å². The van der Waals surface area contributed by atoms with Crippen LogP contribution >= 0.6 is 0 Å². The van der Waals surface area contributed by atoms with Gasteiger partial charge >= 0.3 is 6.03 Å². The lowest BCUT2D eigenvalue weighted by Gasteiger charge is -2.35. The number of hydrogen-bond acceptors (Lipinski definition) is 2. The van der Waals surface area contributed by atoms with Gasteiger partial charge < -0.3 is 15.5 Å². The molecule has 1 aliphatic heterocycles. The van der Waals surface area contributed by atoms with E-state index in [1.165, 1.54) is 12.1 Å². The second-order valence-electron chi connectivity index (χ2n) is 6.06. The maximum Gasteiger partial charge on any atom is 0.315 e. The lowest BCUT2D eigenvalue weighted by molar-refractivity contribution is -0.136. The number of halogens is 1. The molecule has 1 aliphatic rings. The lowest BCUT2D eigenvalue weighted by Crippen LogP contribution is -2.53. The minimum Gasteiger partial charge on any atom is -0.338 e. The Bertz CT molecular complexity index is 565. The maximum absolute atomic E-state index is 13.1. The summed E-state index contributed by atoms with van der Waals surface area (Å²) in [7, 11) is 0. The summed E-state index contributed by atoms with van der Waals surface area (Å²) in [5.41, 5.74) is 0.670. The molecule has 6 heteroatoms. The minimum atomic E-state index is -0.581. The van der Waals surface area contributed by atoms with Crippen molar-refractivity contribution in [3.8, 4) is 0 Å². The molecule has 0 saturated carbocycles. The lowest BCUT2D eigenvalue weighted by atomic mass is 10.0. The molecule has 0 bridgehead atoms. The number of likely N-dealkylation sites (tertiary alicyclic amines) is 1. The van der Waals surface area contributed by atoms with Gasteiger partial charge in [0.25, 0.3) is 0 Å². The first kappa shape index (κ1) is 17.2. The van der Waals surface area contributed by atoms with Gasteiger partial charge in [0.05, 0.1) is 0 Å². The van der Waals surface area contributed by atoms with Crippen molar-refractivity contribution in [2.24, 2.45) is 0 Å². The van der Waals surface area contributed by atoms with Crippen LogP contribution in [-0.2, 0) is 11.3 Å². The average molecular weight is 321 g/mol. The third-order valence-corrected chi connectivity index (χ3v) is 4.15. The summed E-state index contributed by atoms with van der Waals surface area (Å²) in [5, 5.41) is 5.29. The topological polar surface area (TPSA) is 61.4 Å². The van der Waals surface area contributed by atoms with Crippen molar-refractivity contribution in [3.05, 3.63) is 35.6 Å². The Morgan fingerprint density at radius 2 is 2.17 bits per heavy atom. The van der Waals surface area contributed by atoms with Gasteiger partial charge in [-0.25, -0.2) is 9.18 Å². The van der Waals surface area contributed by atoms with E-state index in [0.29, 0.717) is 5.56 Å². The highest BCUT2D eigenvalue weighted by molar-refractivity contribution is 5.86. The quantitative estimate of drug-likeness (QED) is 0.894. The van der Waals surface area contributed by atoms with E-state index in [0.717, 1.165) is 25.8 Å². The van der Waals surface area contributed by atoms with Crippen LogP contribution in [0.2, 0.25) is 0 Å². The van der Waals surface area contributed by atoms with Crippen LogP contribution in [-0.4, -0.2) is 35.5 Å². The van der Waals surface area contributed by atoms with Crippen molar-refractivity contribution >= 4 is 11.9 Å². The van der Waals surface area contributed by atoms with Crippen LogP contribution in [0.1, 0.15) is 38.7 Å². The molecule has 23 heavy (non-hydrogen) atoms. The highest BCUT2D eigenvalue weighted by Gasteiger charge is 2.27. The van der Waals surface area contributed by atoms with Crippen LogP contribution in [0.25, 0.3) is 0 Å². The van der Waals surface area contributed by atoms with Crippen molar-refractivity contribution in [2.75, 3.05) is 6.54 Å². The number of urea groups is 1. The van der Waals surface area contributed by atoms with E-state index in [1.54, 1.807) is 19.1 Å².